The Hall–Kier alpha value is -3.12. The number of carbonyl (C=O) groups is 2. The largest absolute Gasteiger partial charge is 0.352 e. The lowest BCUT2D eigenvalue weighted by molar-refractivity contribution is -0.113. The van der Waals surface area contributed by atoms with E-state index in [1.807, 2.05) is 42.5 Å². The summed E-state index contributed by atoms with van der Waals surface area (Å²) in [5.74, 6) is 0.606. The van der Waals surface area contributed by atoms with Crippen LogP contribution in [0.15, 0.2) is 78.9 Å². The van der Waals surface area contributed by atoms with Crippen molar-refractivity contribution in [2.75, 3.05) is 17.6 Å². The van der Waals surface area contributed by atoms with Crippen LogP contribution >= 0.6 is 11.8 Å². The Morgan fingerprint density at radius 2 is 1.50 bits per heavy atom. The second-order valence-corrected chi connectivity index (χ2v) is 7.72. The summed E-state index contributed by atoms with van der Waals surface area (Å²) < 4.78 is 12.9. The minimum Gasteiger partial charge on any atom is -0.352 e. The number of hydrogen-bond acceptors (Lipinski definition) is 3. The van der Waals surface area contributed by atoms with Crippen molar-refractivity contribution in [3.05, 3.63) is 101 Å². The molecule has 30 heavy (non-hydrogen) atoms. The first kappa shape index (κ1) is 21.6. The standard InChI is InChI=1S/C24H23FN2O2S/c25-21-12-8-18(9-13-21)14-15-26-24(29)20-10-6-19(7-11-20)16-30-17-23(28)27-22-4-2-1-3-5-22/h1-13H,14-17H2,(H,26,29)(H,27,28). The highest BCUT2D eigenvalue weighted by molar-refractivity contribution is 7.99. The highest BCUT2D eigenvalue weighted by Gasteiger charge is 2.06. The van der Waals surface area contributed by atoms with E-state index in [0.29, 0.717) is 30.0 Å². The van der Waals surface area contributed by atoms with Crippen LogP contribution in [0, 0.1) is 5.82 Å². The molecule has 0 fully saturated rings. The van der Waals surface area contributed by atoms with Crippen molar-refractivity contribution in [3.8, 4) is 0 Å². The van der Waals surface area contributed by atoms with E-state index in [1.165, 1.54) is 23.9 Å². The molecule has 0 saturated carbocycles. The second kappa shape index (κ2) is 11.2. The van der Waals surface area contributed by atoms with Gasteiger partial charge in [0.25, 0.3) is 5.91 Å². The average Bonchev–Trinajstić information content (AvgIpc) is 2.76. The second-order valence-electron chi connectivity index (χ2n) is 6.74. The molecular weight excluding hydrogens is 399 g/mol. The normalized spacial score (nSPS) is 10.4. The van der Waals surface area contributed by atoms with Gasteiger partial charge in [-0.3, -0.25) is 9.59 Å². The number of benzene rings is 3. The predicted octanol–water partition coefficient (Wildman–Crippen LogP) is 4.67. The third kappa shape index (κ3) is 7.04. The fourth-order valence-electron chi connectivity index (χ4n) is 2.81. The number of thioether (sulfide) groups is 1. The number of para-hydroxylation sites is 1. The number of halogens is 1. The van der Waals surface area contributed by atoms with Crippen molar-refractivity contribution >= 4 is 29.3 Å². The van der Waals surface area contributed by atoms with Crippen LogP contribution in [-0.4, -0.2) is 24.1 Å². The maximum Gasteiger partial charge on any atom is 0.251 e. The van der Waals surface area contributed by atoms with Gasteiger partial charge in [0, 0.05) is 23.5 Å². The van der Waals surface area contributed by atoms with Gasteiger partial charge in [0.1, 0.15) is 5.82 Å². The summed E-state index contributed by atoms with van der Waals surface area (Å²) >= 11 is 1.52. The topological polar surface area (TPSA) is 58.2 Å². The molecule has 0 saturated heterocycles. The monoisotopic (exact) mass is 422 g/mol. The molecule has 0 radical (unpaired) electrons. The van der Waals surface area contributed by atoms with Crippen molar-refractivity contribution in [2.24, 2.45) is 0 Å². The first-order chi connectivity index (χ1) is 14.6. The molecule has 0 spiro atoms. The molecule has 0 aliphatic heterocycles. The van der Waals surface area contributed by atoms with Gasteiger partial charge in [-0.05, 0) is 53.9 Å². The molecule has 0 heterocycles. The zero-order chi connectivity index (χ0) is 21.2. The van der Waals surface area contributed by atoms with Crippen LogP contribution in [0.2, 0.25) is 0 Å². The Morgan fingerprint density at radius 1 is 0.833 bits per heavy atom. The number of anilines is 1. The number of rotatable bonds is 9. The highest BCUT2D eigenvalue weighted by atomic mass is 32.2. The third-order valence-corrected chi connectivity index (χ3v) is 5.39. The van der Waals surface area contributed by atoms with Crippen LogP contribution in [0.3, 0.4) is 0 Å². The smallest absolute Gasteiger partial charge is 0.251 e. The Balaban J connectivity index is 1.38. The molecule has 3 rings (SSSR count). The molecule has 3 aromatic carbocycles. The summed E-state index contributed by atoms with van der Waals surface area (Å²) in [6.07, 6.45) is 0.645. The molecule has 0 bridgehead atoms. The summed E-state index contributed by atoms with van der Waals surface area (Å²) in [6.45, 7) is 0.485. The average molecular weight is 423 g/mol. The zero-order valence-corrected chi connectivity index (χ0v) is 17.3. The molecular formula is C24H23FN2O2S. The Kier molecular flexibility index (Phi) is 8.03. The molecule has 0 unspecified atom stereocenters. The lowest BCUT2D eigenvalue weighted by atomic mass is 10.1. The van der Waals surface area contributed by atoms with Crippen molar-refractivity contribution in [1.82, 2.24) is 5.32 Å². The Labute approximate surface area is 179 Å². The summed E-state index contributed by atoms with van der Waals surface area (Å²) in [5.41, 5.74) is 3.40. The predicted molar refractivity (Wildman–Crippen MR) is 120 cm³/mol. The quantitative estimate of drug-likeness (QED) is 0.527. The number of amides is 2. The fourth-order valence-corrected chi connectivity index (χ4v) is 3.59. The van der Waals surface area contributed by atoms with E-state index < -0.39 is 0 Å². The van der Waals surface area contributed by atoms with E-state index in [-0.39, 0.29) is 17.6 Å². The van der Waals surface area contributed by atoms with E-state index in [0.717, 1.165) is 16.8 Å². The SMILES string of the molecule is O=C(CSCc1ccc(C(=O)NCCc2ccc(F)cc2)cc1)Nc1ccccc1. The van der Waals surface area contributed by atoms with E-state index in [2.05, 4.69) is 10.6 Å². The van der Waals surface area contributed by atoms with Crippen LogP contribution < -0.4 is 10.6 Å². The summed E-state index contributed by atoms with van der Waals surface area (Å²) in [5, 5.41) is 5.73. The molecule has 2 N–H and O–H groups in total. The van der Waals surface area contributed by atoms with E-state index in [9.17, 15) is 14.0 Å². The number of hydrogen-bond donors (Lipinski definition) is 2. The molecule has 2 amide bonds. The molecule has 4 nitrogen and oxygen atoms in total. The summed E-state index contributed by atoms with van der Waals surface area (Å²) in [6, 6.07) is 23.0. The maximum atomic E-state index is 12.9. The van der Waals surface area contributed by atoms with Crippen molar-refractivity contribution in [2.45, 2.75) is 12.2 Å². The van der Waals surface area contributed by atoms with Crippen LogP contribution in [0.25, 0.3) is 0 Å². The number of carbonyl (C=O) groups excluding carboxylic acids is 2. The maximum absolute atomic E-state index is 12.9. The van der Waals surface area contributed by atoms with Gasteiger partial charge in [0.2, 0.25) is 5.91 Å². The van der Waals surface area contributed by atoms with Crippen molar-refractivity contribution < 1.29 is 14.0 Å². The molecule has 154 valence electrons. The molecule has 0 aromatic heterocycles. The first-order valence-corrected chi connectivity index (χ1v) is 10.8. The summed E-state index contributed by atoms with van der Waals surface area (Å²) in [7, 11) is 0. The minimum absolute atomic E-state index is 0.0386. The molecule has 0 atom stereocenters. The van der Waals surface area contributed by atoms with E-state index >= 15 is 0 Å². The molecule has 3 aromatic rings. The lowest BCUT2D eigenvalue weighted by Crippen LogP contribution is -2.25. The third-order valence-electron chi connectivity index (χ3n) is 4.39. The minimum atomic E-state index is -0.266. The first-order valence-electron chi connectivity index (χ1n) is 9.64. The van der Waals surface area contributed by atoms with Gasteiger partial charge < -0.3 is 10.6 Å². The van der Waals surface area contributed by atoms with Gasteiger partial charge in [0.05, 0.1) is 5.75 Å². The Bertz CT molecular complexity index is 961. The van der Waals surface area contributed by atoms with Gasteiger partial charge in [-0.2, -0.15) is 0 Å². The summed E-state index contributed by atoms with van der Waals surface area (Å²) in [4.78, 5) is 24.2. The highest BCUT2D eigenvalue weighted by Crippen LogP contribution is 2.14. The van der Waals surface area contributed by atoms with Crippen LogP contribution in [0.1, 0.15) is 21.5 Å². The van der Waals surface area contributed by atoms with Crippen molar-refractivity contribution in [1.29, 1.82) is 0 Å². The van der Waals surface area contributed by atoms with Gasteiger partial charge in [-0.25, -0.2) is 4.39 Å². The lowest BCUT2D eigenvalue weighted by Gasteiger charge is -2.07. The Morgan fingerprint density at radius 3 is 2.20 bits per heavy atom. The van der Waals surface area contributed by atoms with Crippen molar-refractivity contribution in [3.63, 3.8) is 0 Å². The number of nitrogens with one attached hydrogen (secondary N) is 2. The van der Waals surface area contributed by atoms with Crippen LogP contribution in [-0.2, 0) is 17.0 Å². The van der Waals surface area contributed by atoms with Crippen LogP contribution in [0.5, 0.6) is 0 Å². The van der Waals surface area contributed by atoms with E-state index in [1.54, 1.807) is 24.3 Å². The fraction of sp³-hybridized carbons (Fsp3) is 0.167. The van der Waals surface area contributed by atoms with Crippen LogP contribution in [0.4, 0.5) is 10.1 Å². The molecule has 0 aliphatic rings. The molecule has 6 heteroatoms. The zero-order valence-electron chi connectivity index (χ0n) is 16.4. The van der Waals surface area contributed by atoms with Gasteiger partial charge in [0.15, 0.2) is 0 Å². The van der Waals surface area contributed by atoms with Gasteiger partial charge in [-0.1, -0.05) is 42.5 Å². The molecule has 0 aliphatic carbocycles. The van der Waals surface area contributed by atoms with Gasteiger partial charge in [-0.15, -0.1) is 11.8 Å². The van der Waals surface area contributed by atoms with E-state index in [4.69, 9.17) is 0 Å². The van der Waals surface area contributed by atoms with Gasteiger partial charge >= 0.3 is 0 Å².